The number of aliphatic carboxylic acids is 1. The minimum Gasteiger partial charge on any atom is -0.480 e. The maximum absolute atomic E-state index is 11.7. The summed E-state index contributed by atoms with van der Waals surface area (Å²) in [4.78, 5) is 22.8. The molecule has 0 heterocycles. The van der Waals surface area contributed by atoms with Gasteiger partial charge in [0.15, 0.2) is 0 Å². The van der Waals surface area contributed by atoms with Gasteiger partial charge >= 0.3 is 12.0 Å². The van der Waals surface area contributed by atoms with Crippen molar-refractivity contribution in [1.29, 1.82) is 0 Å². The lowest BCUT2D eigenvalue weighted by atomic mass is 9.82. The first-order chi connectivity index (χ1) is 9.06. The summed E-state index contributed by atoms with van der Waals surface area (Å²) in [6.07, 6.45) is 6.63. The Morgan fingerprint density at radius 3 is 2.58 bits per heavy atom. The van der Waals surface area contributed by atoms with Crippen LogP contribution in [0, 0.1) is 17.8 Å². The summed E-state index contributed by atoms with van der Waals surface area (Å²) in [5.74, 6) is 0.474. The lowest BCUT2D eigenvalue weighted by Crippen LogP contribution is -2.48. The zero-order chi connectivity index (χ0) is 13.8. The molecule has 3 unspecified atom stereocenters. The molecule has 5 heteroatoms. The van der Waals surface area contributed by atoms with Crippen molar-refractivity contribution in [2.24, 2.45) is 17.8 Å². The maximum atomic E-state index is 11.7. The monoisotopic (exact) mass is 268 g/mol. The Labute approximate surface area is 114 Å². The fourth-order valence-electron chi connectivity index (χ4n) is 2.99. The van der Waals surface area contributed by atoms with Gasteiger partial charge in [0.2, 0.25) is 0 Å². The van der Waals surface area contributed by atoms with Gasteiger partial charge in [0.1, 0.15) is 6.04 Å². The number of rotatable bonds is 5. The van der Waals surface area contributed by atoms with Crippen molar-refractivity contribution in [3.05, 3.63) is 0 Å². The highest BCUT2D eigenvalue weighted by Crippen LogP contribution is 2.32. The van der Waals surface area contributed by atoms with Crippen LogP contribution in [0.2, 0.25) is 0 Å². The fourth-order valence-corrected chi connectivity index (χ4v) is 2.99. The summed E-state index contributed by atoms with van der Waals surface area (Å²) in [6.45, 7) is 2.91. The van der Waals surface area contributed by atoms with Crippen LogP contribution in [0.5, 0.6) is 0 Å². The molecule has 2 fully saturated rings. The van der Waals surface area contributed by atoms with Gasteiger partial charge in [0, 0.05) is 6.54 Å². The molecule has 0 spiro atoms. The molecule has 2 amide bonds. The predicted molar refractivity (Wildman–Crippen MR) is 71.8 cm³/mol. The van der Waals surface area contributed by atoms with Crippen molar-refractivity contribution in [2.75, 3.05) is 6.54 Å². The molecule has 2 rings (SSSR count). The van der Waals surface area contributed by atoms with Crippen molar-refractivity contribution in [1.82, 2.24) is 10.6 Å². The van der Waals surface area contributed by atoms with Crippen LogP contribution in [0.15, 0.2) is 0 Å². The van der Waals surface area contributed by atoms with Crippen LogP contribution in [0.4, 0.5) is 4.79 Å². The quantitative estimate of drug-likeness (QED) is 0.713. The largest absolute Gasteiger partial charge is 0.480 e. The number of carboxylic acid groups (broad SMARTS) is 1. The molecule has 19 heavy (non-hydrogen) atoms. The molecule has 0 bridgehead atoms. The van der Waals surface area contributed by atoms with Crippen molar-refractivity contribution in [3.8, 4) is 0 Å². The van der Waals surface area contributed by atoms with Crippen LogP contribution in [-0.4, -0.2) is 29.7 Å². The first kappa shape index (κ1) is 14.2. The third-order valence-electron chi connectivity index (χ3n) is 4.24. The summed E-state index contributed by atoms with van der Waals surface area (Å²) in [5.41, 5.74) is 0. The molecule has 5 nitrogen and oxygen atoms in total. The second-order valence-corrected chi connectivity index (χ2v) is 6.15. The summed E-state index contributed by atoms with van der Waals surface area (Å²) in [5, 5.41) is 14.4. The maximum Gasteiger partial charge on any atom is 0.326 e. The van der Waals surface area contributed by atoms with Gasteiger partial charge in [-0.25, -0.2) is 9.59 Å². The Morgan fingerprint density at radius 2 is 2.00 bits per heavy atom. The smallest absolute Gasteiger partial charge is 0.326 e. The van der Waals surface area contributed by atoms with Gasteiger partial charge in [-0.2, -0.15) is 0 Å². The Morgan fingerprint density at radius 1 is 1.26 bits per heavy atom. The Bertz CT molecular complexity index is 342. The topological polar surface area (TPSA) is 78.4 Å². The van der Waals surface area contributed by atoms with Crippen molar-refractivity contribution in [2.45, 2.75) is 51.5 Å². The van der Waals surface area contributed by atoms with E-state index in [0.717, 1.165) is 31.6 Å². The third kappa shape index (κ3) is 4.40. The highest BCUT2D eigenvalue weighted by atomic mass is 16.4. The number of hydrogen-bond acceptors (Lipinski definition) is 2. The fraction of sp³-hybridized carbons (Fsp3) is 0.857. The van der Waals surface area contributed by atoms with E-state index in [9.17, 15) is 9.59 Å². The first-order valence-corrected chi connectivity index (χ1v) is 7.33. The zero-order valence-corrected chi connectivity index (χ0v) is 11.5. The van der Waals surface area contributed by atoms with Gasteiger partial charge in [-0.1, -0.05) is 19.8 Å². The summed E-state index contributed by atoms with van der Waals surface area (Å²) in [7, 11) is 0. The van der Waals surface area contributed by atoms with E-state index in [1.807, 2.05) is 0 Å². The number of carbonyl (C=O) groups excluding carboxylic acids is 1. The number of carbonyl (C=O) groups is 2. The third-order valence-corrected chi connectivity index (χ3v) is 4.24. The second kappa shape index (κ2) is 6.26. The summed E-state index contributed by atoms with van der Waals surface area (Å²) >= 11 is 0. The van der Waals surface area contributed by atoms with E-state index in [1.165, 1.54) is 12.8 Å². The number of nitrogens with one attached hydrogen (secondary N) is 2. The van der Waals surface area contributed by atoms with Crippen LogP contribution in [0.25, 0.3) is 0 Å². The van der Waals surface area contributed by atoms with E-state index in [0.29, 0.717) is 12.5 Å². The number of urea groups is 1. The minimum absolute atomic E-state index is 0.123. The van der Waals surface area contributed by atoms with Crippen LogP contribution in [0.3, 0.4) is 0 Å². The molecule has 0 saturated heterocycles. The van der Waals surface area contributed by atoms with Gasteiger partial charge in [0.05, 0.1) is 0 Å². The number of carboxylic acids is 1. The molecule has 3 atom stereocenters. The van der Waals surface area contributed by atoms with Crippen LogP contribution in [-0.2, 0) is 4.79 Å². The Balaban J connectivity index is 1.70. The molecule has 2 aliphatic carbocycles. The average Bonchev–Trinajstić information content (AvgIpc) is 3.17. The molecule has 0 radical (unpaired) electrons. The van der Waals surface area contributed by atoms with Gasteiger partial charge < -0.3 is 15.7 Å². The van der Waals surface area contributed by atoms with Gasteiger partial charge in [-0.3, -0.25) is 0 Å². The van der Waals surface area contributed by atoms with Crippen molar-refractivity contribution in [3.63, 3.8) is 0 Å². The Kier molecular flexibility index (Phi) is 4.66. The first-order valence-electron chi connectivity index (χ1n) is 7.33. The molecule has 2 saturated carbocycles. The van der Waals surface area contributed by atoms with Gasteiger partial charge in [-0.05, 0) is 43.4 Å². The lowest BCUT2D eigenvalue weighted by molar-refractivity contribution is -0.139. The molecule has 0 aromatic heterocycles. The SMILES string of the molecule is CC1CCCC(CNC(=O)NC(C(=O)O)C2CC2)C1. The highest BCUT2D eigenvalue weighted by Gasteiger charge is 2.37. The van der Waals surface area contributed by atoms with Gasteiger partial charge in [0.25, 0.3) is 0 Å². The summed E-state index contributed by atoms with van der Waals surface area (Å²) in [6, 6.07) is -1.05. The molecule has 0 aromatic rings. The average molecular weight is 268 g/mol. The van der Waals surface area contributed by atoms with Crippen molar-refractivity contribution >= 4 is 12.0 Å². The van der Waals surface area contributed by atoms with Crippen LogP contribution < -0.4 is 10.6 Å². The van der Waals surface area contributed by atoms with Crippen molar-refractivity contribution < 1.29 is 14.7 Å². The van der Waals surface area contributed by atoms with E-state index >= 15 is 0 Å². The van der Waals surface area contributed by atoms with E-state index in [2.05, 4.69) is 17.6 Å². The Hall–Kier alpha value is -1.26. The zero-order valence-electron chi connectivity index (χ0n) is 11.5. The summed E-state index contributed by atoms with van der Waals surface area (Å²) < 4.78 is 0. The molecular weight excluding hydrogens is 244 g/mol. The van der Waals surface area contributed by atoms with Crippen LogP contribution in [0.1, 0.15) is 45.4 Å². The molecular formula is C14H24N2O3. The molecule has 0 aliphatic heterocycles. The molecule has 108 valence electrons. The van der Waals surface area contributed by atoms with Gasteiger partial charge in [-0.15, -0.1) is 0 Å². The normalized spacial score (nSPS) is 28.5. The van der Waals surface area contributed by atoms with E-state index < -0.39 is 12.0 Å². The predicted octanol–water partition coefficient (Wildman–Crippen LogP) is 1.98. The van der Waals surface area contributed by atoms with E-state index in [4.69, 9.17) is 5.11 Å². The highest BCUT2D eigenvalue weighted by molar-refractivity contribution is 5.83. The molecule has 2 aliphatic rings. The van der Waals surface area contributed by atoms with E-state index in [-0.39, 0.29) is 11.9 Å². The van der Waals surface area contributed by atoms with E-state index in [1.54, 1.807) is 0 Å². The second-order valence-electron chi connectivity index (χ2n) is 6.15. The minimum atomic E-state index is -0.927. The molecule has 3 N–H and O–H groups in total. The number of amides is 2. The lowest BCUT2D eigenvalue weighted by Gasteiger charge is -2.27. The molecule has 0 aromatic carbocycles. The standard InChI is InChI=1S/C14H24N2O3/c1-9-3-2-4-10(7-9)8-15-14(19)16-12(13(17)18)11-5-6-11/h9-12H,2-8H2,1H3,(H,17,18)(H2,15,16,19). The number of hydrogen-bond donors (Lipinski definition) is 3. The van der Waals surface area contributed by atoms with Crippen LogP contribution >= 0.6 is 0 Å².